The van der Waals surface area contributed by atoms with Crippen molar-refractivity contribution in [3.8, 4) is 0 Å². The van der Waals surface area contributed by atoms with Crippen LogP contribution in [0.25, 0.3) is 0 Å². The van der Waals surface area contributed by atoms with E-state index in [1.807, 2.05) is 19.1 Å². The van der Waals surface area contributed by atoms with E-state index in [1.165, 1.54) is 4.90 Å². The fourth-order valence-electron chi connectivity index (χ4n) is 1.30. The maximum absolute atomic E-state index is 12.3. The molecule has 0 spiro atoms. The maximum atomic E-state index is 12.3. The third-order valence-corrected chi connectivity index (χ3v) is 2.38. The Kier molecular flexibility index (Phi) is 3.68. The minimum absolute atomic E-state index is 0.188. The first-order valence-corrected chi connectivity index (χ1v) is 4.96. The molecule has 0 aromatic heterocycles. The molecule has 0 bridgehead atoms. The number of likely N-dealkylation sites (N-methyl/N-ethyl adjacent to an activating group) is 1. The zero-order valence-corrected chi connectivity index (χ0v) is 9.38. The molecule has 5 heteroatoms. The number of benzene rings is 1. The van der Waals surface area contributed by atoms with Crippen molar-refractivity contribution in [3.05, 3.63) is 41.9 Å². The summed E-state index contributed by atoms with van der Waals surface area (Å²) in [6.45, 7) is -0.128. The maximum Gasteiger partial charge on any atom is 0.506 e. The second-order valence-electron chi connectivity index (χ2n) is 3.92. The number of hydrogen-bond acceptors (Lipinski definition) is 1. The number of anilines is 1. The van der Waals surface area contributed by atoms with E-state index in [0.717, 1.165) is 11.3 Å². The Morgan fingerprint density at radius 3 is 2.19 bits per heavy atom. The highest BCUT2D eigenvalue weighted by Gasteiger charge is 2.27. The summed E-state index contributed by atoms with van der Waals surface area (Å²) >= 11 is 0. The van der Waals surface area contributed by atoms with Crippen molar-refractivity contribution < 1.29 is 12.9 Å². The number of aryl methyl sites for hydroxylation is 1. The highest BCUT2D eigenvalue weighted by Crippen LogP contribution is 2.21. The van der Waals surface area contributed by atoms with Crippen molar-refractivity contribution in [1.82, 2.24) is 0 Å². The third kappa shape index (κ3) is 3.33. The van der Waals surface area contributed by atoms with E-state index >= 15 is 0 Å². The van der Waals surface area contributed by atoms with Gasteiger partial charge in [-0.25, -0.2) is 0 Å². The highest BCUT2D eigenvalue weighted by atomic mass is 19.4. The Morgan fingerprint density at radius 2 is 1.75 bits per heavy atom. The molecule has 0 unspecified atom stereocenters. The summed E-state index contributed by atoms with van der Waals surface area (Å²) in [6, 6.07) is 7.33. The fraction of sp³-hybridized carbons (Fsp3) is 0.273. The Balaban J connectivity index is 2.69. The van der Waals surface area contributed by atoms with Crippen LogP contribution >= 0.6 is 0 Å². The molecule has 1 nitrogen and oxygen atoms in total. The van der Waals surface area contributed by atoms with Crippen molar-refractivity contribution in [2.45, 2.75) is 6.92 Å². The summed E-state index contributed by atoms with van der Waals surface area (Å²) < 4.78 is 37.0. The number of hydrogen-bond donors (Lipinski definition) is 0. The molecule has 0 amide bonds. The van der Waals surface area contributed by atoms with Gasteiger partial charge in [0.1, 0.15) is 0 Å². The highest BCUT2D eigenvalue weighted by molar-refractivity contribution is 6.66. The van der Waals surface area contributed by atoms with E-state index in [-0.39, 0.29) is 6.54 Å². The van der Waals surface area contributed by atoms with Gasteiger partial charge >= 0.3 is 6.98 Å². The van der Waals surface area contributed by atoms with Gasteiger partial charge < -0.3 is 17.8 Å². The van der Waals surface area contributed by atoms with Gasteiger partial charge in [-0.3, -0.25) is 0 Å². The van der Waals surface area contributed by atoms with Crippen LogP contribution in [0.1, 0.15) is 5.56 Å². The van der Waals surface area contributed by atoms with Crippen LogP contribution in [-0.2, 0) is 0 Å². The molecule has 0 aliphatic carbocycles. The van der Waals surface area contributed by atoms with Crippen LogP contribution in [0.15, 0.2) is 36.3 Å². The first kappa shape index (κ1) is 12.7. The zero-order chi connectivity index (χ0) is 12.3. The summed E-state index contributed by atoms with van der Waals surface area (Å²) in [5, 5.41) is 0. The quantitative estimate of drug-likeness (QED) is 0.714. The van der Waals surface area contributed by atoms with Crippen molar-refractivity contribution >= 4 is 12.7 Å². The van der Waals surface area contributed by atoms with Gasteiger partial charge in [0.2, 0.25) is 0 Å². The first-order valence-electron chi connectivity index (χ1n) is 4.96. The summed E-state index contributed by atoms with van der Waals surface area (Å²) in [4.78, 5) is 1.54. The second kappa shape index (κ2) is 4.64. The molecular weight excluding hydrogens is 214 g/mol. The minimum atomic E-state index is -4.94. The predicted molar refractivity (Wildman–Crippen MR) is 62.7 cm³/mol. The van der Waals surface area contributed by atoms with E-state index in [2.05, 4.69) is 6.58 Å². The molecule has 88 valence electrons. The van der Waals surface area contributed by atoms with Crippen LogP contribution in [-0.4, -0.2) is 20.6 Å². The Morgan fingerprint density at radius 1 is 1.25 bits per heavy atom. The summed E-state index contributed by atoms with van der Waals surface area (Å²) in [5.74, 6) is 0. The van der Waals surface area contributed by atoms with Crippen LogP contribution in [0.3, 0.4) is 0 Å². The molecule has 1 rings (SSSR count). The van der Waals surface area contributed by atoms with E-state index < -0.39 is 12.4 Å². The zero-order valence-electron chi connectivity index (χ0n) is 9.38. The average Bonchev–Trinajstić information content (AvgIpc) is 2.17. The summed E-state index contributed by atoms with van der Waals surface area (Å²) in [5.41, 5.74) is 1.16. The molecule has 0 aliphatic rings. The van der Waals surface area contributed by atoms with E-state index in [1.54, 1.807) is 19.2 Å². The van der Waals surface area contributed by atoms with Gasteiger partial charge in [-0.2, -0.15) is 0 Å². The number of halogens is 3. The van der Waals surface area contributed by atoms with Crippen LogP contribution in [0.4, 0.5) is 18.6 Å². The monoisotopic (exact) mass is 228 g/mol. The molecule has 0 radical (unpaired) electrons. The van der Waals surface area contributed by atoms with Crippen LogP contribution in [0.2, 0.25) is 0 Å². The van der Waals surface area contributed by atoms with E-state index in [9.17, 15) is 12.9 Å². The molecule has 0 saturated carbocycles. The number of rotatable bonds is 4. The molecule has 0 saturated heterocycles. The van der Waals surface area contributed by atoms with Crippen molar-refractivity contribution in [2.75, 3.05) is 18.5 Å². The van der Waals surface area contributed by atoms with Crippen molar-refractivity contribution in [2.24, 2.45) is 0 Å². The number of nitrogens with zero attached hydrogens (tertiary/aromatic N) is 1. The van der Waals surface area contributed by atoms with Crippen LogP contribution in [0, 0.1) is 6.92 Å². The van der Waals surface area contributed by atoms with Gasteiger partial charge in [0.15, 0.2) is 0 Å². The molecule has 0 N–H and O–H groups in total. The summed E-state index contributed by atoms with van der Waals surface area (Å²) in [6.07, 6.45) is 0. The average molecular weight is 228 g/mol. The fourth-order valence-corrected chi connectivity index (χ4v) is 1.30. The lowest BCUT2D eigenvalue weighted by atomic mass is 9.80. The summed E-state index contributed by atoms with van der Waals surface area (Å²) in [7, 11) is 1.62. The van der Waals surface area contributed by atoms with E-state index in [4.69, 9.17) is 0 Å². The molecule has 0 fully saturated rings. The van der Waals surface area contributed by atoms with Gasteiger partial charge in [-0.05, 0) is 19.1 Å². The van der Waals surface area contributed by atoms with Gasteiger partial charge in [0, 0.05) is 19.3 Å². The molecule has 1 aromatic carbocycles. The molecule has 16 heavy (non-hydrogen) atoms. The Hall–Kier alpha value is -1.39. The minimum Gasteiger partial charge on any atom is -0.445 e. The smallest absolute Gasteiger partial charge is 0.445 e. The topological polar surface area (TPSA) is 3.24 Å². The normalized spacial score (nSPS) is 11.3. The lowest BCUT2D eigenvalue weighted by Gasteiger charge is -2.26. The van der Waals surface area contributed by atoms with Gasteiger partial charge in [-0.1, -0.05) is 17.7 Å². The van der Waals surface area contributed by atoms with E-state index in [0.29, 0.717) is 0 Å². The van der Waals surface area contributed by atoms with Gasteiger partial charge in [-0.15, -0.1) is 12.1 Å². The first-order chi connectivity index (χ1) is 7.30. The van der Waals surface area contributed by atoms with Gasteiger partial charge in [0.05, 0.1) is 0 Å². The molecular formula is C11H14BF3N-. The van der Waals surface area contributed by atoms with Crippen LogP contribution < -0.4 is 4.90 Å². The molecule has 0 heterocycles. The molecule has 0 atom stereocenters. The SMILES string of the molecule is C=C(CN(C)c1ccc(C)cc1)[B-](F)(F)F. The Labute approximate surface area is 93.6 Å². The van der Waals surface area contributed by atoms with Gasteiger partial charge in [0.25, 0.3) is 0 Å². The third-order valence-electron chi connectivity index (χ3n) is 2.38. The Bertz CT molecular complexity index is 370. The molecule has 0 aliphatic heterocycles. The van der Waals surface area contributed by atoms with Crippen molar-refractivity contribution in [1.29, 1.82) is 0 Å². The predicted octanol–water partition coefficient (Wildman–Crippen LogP) is 3.37. The van der Waals surface area contributed by atoms with Crippen LogP contribution in [0.5, 0.6) is 0 Å². The largest absolute Gasteiger partial charge is 0.506 e. The van der Waals surface area contributed by atoms with Crippen molar-refractivity contribution in [3.63, 3.8) is 0 Å². The lowest BCUT2D eigenvalue weighted by molar-refractivity contribution is 0.488. The lowest BCUT2D eigenvalue weighted by Crippen LogP contribution is -2.30. The molecule has 1 aromatic rings. The second-order valence-corrected chi connectivity index (χ2v) is 3.92. The standard InChI is InChI=1S/C11H14BF3N/c1-9-4-6-11(7-5-9)16(3)8-10(2)12(13,14)15/h4-7H,2,8H2,1,3H3/q-1.